The van der Waals surface area contributed by atoms with E-state index in [4.69, 9.17) is 9.47 Å². The van der Waals surface area contributed by atoms with Crippen LogP contribution in [0.4, 0.5) is 0 Å². The van der Waals surface area contributed by atoms with Crippen LogP contribution in [0.25, 0.3) is 0 Å². The molecule has 0 spiro atoms. The van der Waals surface area contributed by atoms with Crippen LogP contribution in [0.1, 0.15) is 22.9 Å². The van der Waals surface area contributed by atoms with E-state index in [1.54, 1.807) is 7.11 Å². The average Bonchev–Trinajstić information content (AvgIpc) is 2.57. The van der Waals surface area contributed by atoms with Gasteiger partial charge in [0.05, 0.1) is 19.4 Å². The SMILES string of the molecule is COc1ccccc1Cc1ccc(C2CNCCO2)nc1. The Hall–Kier alpha value is -1.91. The van der Waals surface area contributed by atoms with Crippen molar-refractivity contribution in [3.8, 4) is 5.75 Å². The first-order chi connectivity index (χ1) is 10.4. The van der Waals surface area contributed by atoms with Crippen LogP contribution in [0, 0.1) is 0 Å². The molecule has 1 saturated heterocycles. The lowest BCUT2D eigenvalue weighted by atomic mass is 10.0. The Morgan fingerprint density at radius 1 is 1.29 bits per heavy atom. The summed E-state index contributed by atoms with van der Waals surface area (Å²) in [5, 5.41) is 3.32. The molecule has 4 heteroatoms. The standard InChI is InChI=1S/C17H20N2O2/c1-20-16-5-3-2-4-14(16)10-13-6-7-15(19-11-13)17-12-18-8-9-21-17/h2-7,11,17-18H,8-10,12H2,1H3. The van der Waals surface area contributed by atoms with Crippen molar-refractivity contribution in [2.75, 3.05) is 26.8 Å². The van der Waals surface area contributed by atoms with E-state index in [2.05, 4.69) is 28.5 Å². The van der Waals surface area contributed by atoms with Crippen molar-refractivity contribution >= 4 is 0 Å². The summed E-state index contributed by atoms with van der Waals surface area (Å²) in [6.45, 7) is 2.50. The lowest BCUT2D eigenvalue weighted by Gasteiger charge is -2.23. The van der Waals surface area contributed by atoms with Crippen molar-refractivity contribution in [1.82, 2.24) is 10.3 Å². The molecule has 0 aliphatic carbocycles. The number of hydrogen-bond acceptors (Lipinski definition) is 4. The lowest BCUT2D eigenvalue weighted by Crippen LogP contribution is -2.33. The summed E-state index contributed by atoms with van der Waals surface area (Å²) >= 11 is 0. The van der Waals surface area contributed by atoms with Gasteiger partial charge < -0.3 is 14.8 Å². The monoisotopic (exact) mass is 284 g/mol. The molecule has 0 amide bonds. The fraction of sp³-hybridized carbons (Fsp3) is 0.353. The summed E-state index contributed by atoms with van der Waals surface area (Å²) in [6, 6.07) is 12.3. The molecule has 1 aromatic carbocycles. The normalized spacial score (nSPS) is 18.4. The summed E-state index contributed by atoms with van der Waals surface area (Å²) in [7, 11) is 1.70. The van der Waals surface area contributed by atoms with Crippen LogP contribution in [0.5, 0.6) is 5.75 Å². The average molecular weight is 284 g/mol. The highest BCUT2D eigenvalue weighted by Crippen LogP contribution is 2.22. The topological polar surface area (TPSA) is 43.4 Å². The maximum absolute atomic E-state index is 5.71. The van der Waals surface area contributed by atoms with Gasteiger partial charge in [-0.25, -0.2) is 0 Å². The van der Waals surface area contributed by atoms with Gasteiger partial charge in [-0.3, -0.25) is 4.98 Å². The second kappa shape index (κ2) is 6.70. The Bertz CT molecular complexity index is 578. The van der Waals surface area contributed by atoms with E-state index in [1.165, 1.54) is 11.1 Å². The van der Waals surface area contributed by atoms with E-state index in [9.17, 15) is 0 Å². The fourth-order valence-corrected chi connectivity index (χ4v) is 2.56. The molecule has 0 saturated carbocycles. The van der Waals surface area contributed by atoms with Crippen LogP contribution in [0.15, 0.2) is 42.6 Å². The molecule has 1 aromatic heterocycles. The van der Waals surface area contributed by atoms with Crippen LogP contribution >= 0.6 is 0 Å². The molecule has 1 N–H and O–H groups in total. The zero-order chi connectivity index (χ0) is 14.5. The predicted octanol–water partition coefficient (Wildman–Crippen LogP) is 2.34. The van der Waals surface area contributed by atoms with E-state index in [-0.39, 0.29) is 6.10 Å². The smallest absolute Gasteiger partial charge is 0.122 e. The number of pyridine rings is 1. The Kier molecular flexibility index (Phi) is 4.48. The molecule has 1 fully saturated rings. The Morgan fingerprint density at radius 2 is 2.19 bits per heavy atom. The van der Waals surface area contributed by atoms with Gasteiger partial charge in [0.25, 0.3) is 0 Å². The third kappa shape index (κ3) is 3.40. The minimum atomic E-state index is 0.0686. The number of para-hydroxylation sites is 1. The van der Waals surface area contributed by atoms with Crippen LogP contribution in [0.2, 0.25) is 0 Å². The van der Waals surface area contributed by atoms with Gasteiger partial charge in [-0.1, -0.05) is 24.3 Å². The zero-order valence-electron chi connectivity index (χ0n) is 12.2. The number of aromatic nitrogens is 1. The Morgan fingerprint density at radius 3 is 2.90 bits per heavy atom. The van der Waals surface area contributed by atoms with Crippen LogP contribution < -0.4 is 10.1 Å². The van der Waals surface area contributed by atoms with Gasteiger partial charge in [0, 0.05) is 25.7 Å². The molecular weight excluding hydrogens is 264 g/mol. The molecule has 1 atom stereocenters. The number of benzene rings is 1. The minimum Gasteiger partial charge on any atom is -0.496 e. The number of methoxy groups -OCH3 is 1. The lowest BCUT2D eigenvalue weighted by molar-refractivity contribution is 0.0250. The summed E-state index contributed by atoms with van der Waals surface area (Å²) in [5.41, 5.74) is 3.34. The molecule has 1 unspecified atom stereocenters. The Balaban J connectivity index is 1.72. The van der Waals surface area contributed by atoms with Crippen LogP contribution in [-0.4, -0.2) is 31.8 Å². The van der Waals surface area contributed by atoms with E-state index in [0.717, 1.165) is 37.6 Å². The molecule has 4 nitrogen and oxygen atoms in total. The Labute approximate surface area is 125 Å². The number of rotatable bonds is 4. The number of nitrogens with one attached hydrogen (secondary N) is 1. The minimum absolute atomic E-state index is 0.0686. The molecule has 110 valence electrons. The quantitative estimate of drug-likeness (QED) is 0.936. The van der Waals surface area contributed by atoms with E-state index in [0.29, 0.717) is 0 Å². The predicted molar refractivity (Wildman–Crippen MR) is 81.6 cm³/mol. The highest BCUT2D eigenvalue weighted by atomic mass is 16.5. The maximum atomic E-state index is 5.71. The highest BCUT2D eigenvalue weighted by molar-refractivity contribution is 5.37. The van der Waals surface area contributed by atoms with E-state index in [1.807, 2.05) is 24.4 Å². The molecule has 3 rings (SSSR count). The first kappa shape index (κ1) is 14.0. The molecule has 2 heterocycles. The second-order valence-corrected chi connectivity index (χ2v) is 5.14. The zero-order valence-corrected chi connectivity index (χ0v) is 12.2. The van der Waals surface area contributed by atoms with Crippen molar-refractivity contribution in [2.45, 2.75) is 12.5 Å². The van der Waals surface area contributed by atoms with Crippen molar-refractivity contribution < 1.29 is 9.47 Å². The number of nitrogens with zero attached hydrogens (tertiary/aromatic N) is 1. The number of hydrogen-bond donors (Lipinski definition) is 1. The summed E-state index contributed by atoms with van der Waals surface area (Å²) in [6.07, 6.45) is 2.82. The molecule has 0 bridgehead atoms. The molecule has 0 radical (unpaired) electrons. The van der Waals surface area contributed by atoms with E-state index >= 15 is 0 Å². The van der Waals surface area contributed by atoms with Gasteiger partial charge in [-0.2, -0.15) is 0 Å². The summed E-state index contributed by atoms with van der Waals surface area (Å²) in [4.78, 5) is 4.55. The maximum Gasteiger partial charge on any atom is 0.122 e. The molecule has 2 aromatic rings. The highest BCUT2D eigenvalue weighted by Gasteiger charge is 2.16. The number of morpholine rings is 1. The van der Waals surface area contributed by atoms with Crippen molar-refractivity contribution in [3.63, 3.8) is 0 Å². The van der Waals surface area contributed by atoms with Gasteiger partial charge in [-0.05, 0) is 23.3 Å². The first-order valence-corrected chi connectivity index (χ1v) is 7.26. The fourth-order valence-electron chi connectivity index (χ4n) is 2.56. The summed E-state index contributed by atoms with van der Waals surface area (Å²) < 4.78 is 11.1. The molecule has 1 aliphatic rings. The van der Waals surface area contributed by atoms with Gasteiger partial charge in [-0.15, -0.1) is 0 Å². The van der Waals surface area contributed by atoms with Crippen LogP contribution in [-0.2, 0) is 11.2 Å². The van der Waals surface area contributed by atoms with Crippen LogP contribution in [0.3, 0.4) is 0 Å². The molecule has 1 aliphatic heterocycles. The second-order valence-electron chi connectivity index (χ2n) is 5.14. The summed E-state index contributed by atoms with van der Waals surface area (Å²) in [5.74, 6) is 0.918. The largest absolute Gasteiger partial charge is 0.496 e. The molecular formula is C17H20N2O2. The van der Waals surface area contributed by atoms with Crippen molar-refractivity contribution in [1.29, 1.82) is 0 Å². The third-order valence-electron chi connectivity index (χ3n) is 3.69. The van der Waals surface area contributed by atoms with Gasteiger partial charge in [0.1, 0.15) is 11.9 Å². The van der Waals surface area contributed by atoms with Crippen molar-refractivity contribution in [2.24, 2.45) is 0 Å². The number of ether oxygens (including phenoxy) is 2. The van der Waals surface area contributed by atoms with E-state index < -0.39 is 0 Å². The van der Waals surface area contributed by atoms with Gasteiger partial charge in [0.2, 0.25) is 0 Å². The third-order valence-corrected chi connectivity index (χ3v) is 3.69. The van der Waals surface area contributed by atoms with Gasteiger partial charge in [0.15, 0.2) is 0 Å². The van der Waals surface area contributed by atoms with Crippen molar-refractivity contribution in [3.05, 3.63) is 59.4 Å². The first-order valence-electron chi connectivity index (χ1n) is 7.26. The molecule has 21 heavy (non-hydrogen) atoms. The van der Waals surface area contributed by atoms with Gasteiger partial charge >= 0.3 is 0 Å².